The first kappa shape index (κ1) is 27.3. The van der Waals surface area contributed by atoms with Crippen LogP contribution in [0.15, 0.2) is 30.5 Å². The Hall–Kier alpha value is -4.79. The van der Waals surface area contributed by atoms with Crippen molar-refractivity contribution in [1.29, 1.82) is 5.26 Å². The van der Waals surface area contributed by atoms with Gasteiger partial charge < -0.3 is 19.7 Å². The van der Waals surface area contributed by atoms with E-state index in [0.29, 0.717) is 22.4 Å². The summed E-state index contributed by atoms with van der Waals surface area (Å²) in [4.78, 5) is 43.5. The molecule has 3 aromatic rings. The number of esters is 1. The number of ether oxygens (including phenoxy) is 2. The van der Waals surface area contributed by atoms with Gasteiger partial charge in [-0.25, -0.2) is 9.37 Å². The zero-order valence-electron chi connectivity index (χ0n) is 21.9. The molecule has 2 bridgehead atoms. The van der Waals surface area contributed by atoms with E-state index in [1.165, 1.54) is 34.0 Å². The molecule has 0 aliphatic carbocycles. The molecule has 11 nitrogen and oxygen atoms in total. The quantitative estimate of drug-likeness (QED) is 0.491. The third kappa shape index (κ3) is 5.72. The zero-order valence-corrected chi connectivity index (χ0v) is 21.9. The number of halogens is 1. The van der Waals surface area contributed by atoms with Gasteiger partial charge in [0.15, 0.2) is 11.6 Å². The summed E-state index contributed by atoms with van der Waals surface area (Å²) < 4.78 is 26.7. The zero-order chi connectivity index (χ0) is 28.3. The van der Waals surface area contributed by atoms with Crippen LogP contribution in [0.3, 0.4) is 0 Å². The number of hydrogen-bond donors (Lipinski definition) is 1. The monoisotopic (exact) mass is 534 g/mol. The minimum absolute atomic E-state index is 0.0573. The predicted octanol–water partition coefficient (Wildman–Crippen LogP) is 3.50. The Bertz CT molecular complexity index is 1490. The number of aromatic nitrogens is 3. The Labute approximate surface area is 224 Å². The second-order valence-electron chi connectivity index (χ2n) is 8.98. The van der Waals surface area contributed by atoms with Crippen LogP contribution in [-0.2, 0) is 27.9 Å². The van der Waals surface area contributed by atoms with Gasteiger partial charge in [-0.2, -0.15) is 10.4 Å². The lowest BCUT2D eigenvalue weighted by atomic mass is 10.00. The van der Waals surface area contributed by atoms with Crippen LogP contribution in [0.25, 0.3) is 11.1 Å². The molecule has 1 aliphatic heterocycles. The number of carbonyl (C=O) groups excluding carboxylic acids is 3. The van der Waals surface area contributed by atoms with Crippen molar-refractivity contribution in [2.75, 3.05) is 19.0 Å². The summed E-state index contributed by atoms with van der Waals surface area (Å²) in [5, 5.41) is 16.9. The highest BCUT2D eigenvalue weighted by atomic mass is 19.1. The van der Waals surface area contributed by atoms with E-state index in [9.17, 15) is 24.0 Å². The van der Waals surface area contributed by atoms with Crippen molar-refractivity contribution in [3.63, 3.8) is 0 Å². The van der Waals surface area contributed by atoms with Gasteiger partial charge in [-0.1, -0.05) is 0 Å². The maximum absolute atomic E-state index is 14.3. The third-order valence-electron chi connectivity index (χ3n) is 6.21. The molecule has 202 valence electrons. The van der Waals surface area contributed by atoms with Gasteiger partial charge in [0.25, 0.3) is 5.91 Å². The number of rotatable bonds is 5. The fourth-order valence-electron chi connectivity index (χ4n) is 4.35. The highest BCUT2D eigenvalue weighted by molar-refractivity contribution is 5.96. The molecule has 0 saturated carbocycles. The van der Waals surface area contributed by atoms with Crippen molar-refractivity contribution in [2.24, 2.45) is 7.05 Å². The number of pyridine rings is 1. The second kappa shape index (κ2) is 11.3. The molecule has 39 heavy (non-hydrogen) atoms. The van der Waals surface area contributed by atoms with Crippen LogP contribution in [0.2, 0.25) is 0 Å². The average molecular weight is 535 g/mol. The van der Waals surface area contributed by atoms with Gasteiger partial charge in [0, 0.05) is 49.0 Å². The van der Waals surface area contributed by atoms with Crippen molar-refractivity contribution < 1.29 is 28.2 Å². The Balaban J connectivity index is 1.82. The molecule has 1 aliphatic rings. The molecule has 4 rings (SSSR count). The number of hydrogen-bond acceptors (Lipinski definition) is 8. The van der Waals surface area contributed by atoms with Crippen molar-refractivity contribution in [2.45, 2.75) is 39.3 Å². The van der Waals surface area contributed by atoms with Crippen LogP contribution in [-0.4, -0.2) is 51.1 Å². The topological polar surface area (TPSA) is 139 Å². The molecule has 0 radical (unpaired) electrons. The van der Waals surface area contributed by atoms with Gasteiger partial charge >= 0.3 is 5.97 Å². The number of aryl methyl sites for hydroxylation is 1. The van der Waals surface area contributed by atoms with Gasteiger partial charge in [0.05, 0.1) is 25.3 Å². The van der Waals surface area contributed by atoms with Crippen molar-refractivity contribution in [3.8, 4) is 22.9 Å². The molecule has 0 unspecified atom stereocenters. The van der Waals surface area contributed by atoms with E-state index in [-0.39, 0.29) is 54.7 Å². The van der Waals surface area contributed by atoms with Crippen molar-refractivity contribution >= 4 is 23.6 Å². The number of nitriles is 1. The minimum Gasteiger partial charge on any atom is -0.482 e. The molecule has 0 spiro atoms. The van der Waals surface area contributed by atoms with E-state index in [1.54, 1.807) is 34.0 Å². The van der Waals surface area contributed by atoms with Crippen LogP contribution in [0, 0.1) is 17.1 Å². The van der Waals surface area contributed by atoms with Crippen LogP contribution < -0.4 is 10.1 Å². The van der Waals surface area contributed by atoms with Crippen LogP contribution in [0.1, 0.15) is 60.1 Å². The maximum atomic E-state index is 14.3. The normalized spacial score (nSPS) is 14.6. The lowest BCUT2D eigenvalue weighted by Crippen LogP contribution is -2.28. The van der Waals surface area contributed by atoms with Gasteiger partial charge in [-0.3, -0.25) is 19.1 Å². The van der Waals surface area contributed by atoms with Gasteiger partial charge in [-0.15, -0.1) is 0 Å². The smallest absolute Gasteiger partial charge is 0.306 e. The van der Waals surface area contributed by atoms with Crippen molar-refractivity contribution in [3.05, 3.63) is 58.8 Å². The molecule has 1 N–H and O–H groups in total. The average Bonchev–Trinajstić information content (AvgIpc) is 3.21. The lowest BCUT2D eigenvalue weighted by Gasteiger charge is -2.24. The van der Waals surface area contributed by atoms with E-state index >= 15 is 0 Å². The van der Waals surface area contributed by atoms with Gasteiger partial charge in [0.1, 0.15) is 23.7 Å². The Morgan fingerprint density at radius 3 is 2.77 bits per heavy atom. The van der Waals surface area contributed by atoms with E-state index in [2.05, 4.69) is 21.5 Å². The first-order valence-electron chi connectivity index (χ1n) is 12.3. The number of nitrogens with one attached hydrogen (secondary N) is 1. The number of nitrogens with zero attached hydrogens (tertiary/aromatic N) is 5. The largest absolute Gasteiger partial charge is 0.482 e. The summed E-state index contributed by atoms with van der Waals surface area (Å²) >= 11 is 0. The van der Waals surface area contributed by atoms with Crippen LogP contribution in [0.4, 0.5) is 10.2 Å². The molecule has 1 atom stereocenters. The van der Waals surface area contributed by atoms with E-state index < -0.39 is 23.8 Å². The Morgan fingerprint density at radius 2 is 2.05 bits per heavy atom. The fourth-order valence-corrected chi connectivity index (χ4v) is 4.35. The molecule has 2 aromatic heterocycles. The van der Waals surface area contributed by atoms with Crippen molar-refractivity contribution in [1.82, 2.24) is 19.7 Å². The SMILES string of the molecule is CCOC(=O)CCC(=O)Nc1ncc2cc1O[C@H](C)c1cc(F)ccc1C(=O)N(C)Cc1nn(C)c(C#N)c1-2. The minimum atomic E-state index is -0.830. The number of anilines is 1. The Morgan fingerprint density at radius 1 is 1.28 bits per heavy atom. The maximum Gasteiger partial charge on any atom is 0.306 e. The third-order valence-corrected chi connectivity index (χ3v) is 6.21. The van der Waals surface area contributed by atoms with Crippen LogP contribution in [0.5, 0.6) is 5.75 Å². The standard InChI is InChI=1S/C27H27FN6O5/c1-5-38-24(36)9-8-23(35)31-26-22-10-16(13-30-26)25-20(32-34(4)21(25)12-29)14-33(3)27(37)18-7-6-17(28)11-19(18)15(2)39-22/h6-7,10-11,13,15H,5,8-9,14H2,1-4H3,(H,30,31,35)/t15-/m1/s1. The molecule has 0 fully saturated rings. The summed E-state index contributed by atoms with van der Waals surface area (Å²) in [5.74, 6) is -1.74. The number of benzene rings is 1. The molecule has 12 heteroatoms. The van der Waals surface area contributed by atoms with Gasteiger partial charge in [0.2, 0.25) is 5.91 Å². The highest BCUT2D eigenvalue weighted by Crippen LogP contribution is 2.37. The predicted molar refractivity (Wildman–Crippen MR) is 137 cm³/mol. The molecular weight excluding hydrogens is 507 g/mol. The molecule has 1 aromatic carbocycles. The van der Waals surface area contributed by atoms with E-state index in [1.807, 2.05) is 0 Å². The molecular formula is C27H27FN6O5. The number of amides is 2. The summed E-state index contributed by atoms with van der Waals surface area (Å²) in [7, 11) is 3.21. The van der Waals surface area contributed by atoms with Gasteiger partial charge in [-0.05, 0) is 38.1 Å². The number of fused-ring (bicyclic) bond motifs is 5. The van der Waals surface area contributed by atoms with E-state index in [4.69, 9.17) is 9.47 Å². The van der Waals surface area contributed by atoms with Crippen LogP contribution >= 0.6 is 0 Å². The molecule has 3 heterocycles. The molecule has 0 saturated heterocycles. The second-order valence-corrected chi connectivity index (χ2v) is 8.98. The fraction of sp³-hybridized carbons (Fsp3) is 0.333. The summed E-state index contributed by atoms with van der Waals surface area (Å²) in [6, 6.07) is 7.56. The summed E-state index contributed by atoms with van der Waals surface area (Å²) in [6.07, 6.45) is 0.374. The van der Waals surface area contributed by atoms with E-state index in [0.717, 1.165) is 0 Å². The lowest BCUT2D eigenvalue weighted by molar-refractivity contribution is -0.144. The Kier molecular flexibility index (Phi) is 7.90. The first-order chi connectivity index (χ1) is 18.6. The number of carbonyl (C=O) groups is 3. The summed E-state index contributed by atoms with van der Waals surface area (Å²) in [6.45, 7) is 3.60. The molecule has 2 amide bonds. The first-order valence-corrected chi connectivity index (χ1v) is 12.3. The summed E-state index contributed by atoms with van der Waals surface area (Å²) in [5.41, 5.74) is 2.16. The highest BCUT2D eigenvalue weighted by Gasteiger charge is 2.27.